The van der Waals surface area contributed by atoms with E-state index in [0.717, 1.165) is 0 Å². The van der Waals surface area contributed by atoms with Crippen molar-refractivity contribution in [2.45, 2.75) is 51.1 Å². The van der Waals surface area contributed by atoms with E-state index in [1.165, 1.54) is 59.2 Å². The zero-order valence-corrected chi connectivity index (χ0v) is 15.3. The predicted molar refractivity (Wildman–Crippen MR) is 103 cm³/mol. The SMILES string of the molecule is Cc1ccccc1N1C(C)c2c(c3ncccc3n2C)C12CCCC2. The summed E-state index contributed by atoms with van der Waals surface area (Å²) in [5.74, 6) is 0. The Labute approximate surface area is 149 Å². The van der Waals surface area contributed by atoms with Crippen LogP contribution >= 0.6 is 0 Å². The number of para-hydroxylation sites is 1. The molecule has 1 spiro atoms. The maximum absolute atomic E-state index is 4.83. The molecule has 25 heavy (non-hydrogen) atoms. The molecule has 0 amide bonds. The topological polar surface area (TPSA) is 21.1 Å². The molecule has 2 aromatic heterocycles. The van der Waals surface area contributed by atoms with Crippen molar-refractivity contribution in [1.29, 1.82) is 0 Å². The molecule has 1 aromatic carbocycles. The first-order valence-electron chi connectivity index (χ1n) is 9.44. The molecule has 1 saturated carbocycles. The van der Waals surface area contributed by atoms with Crippen LogP contribution in [0.2, 0.25) is 0 Å². The summed E-state index contributed by atoms with van der Waals surface area (Å²) in [6.45, 7) is 4.61. The molecule has 0 radical (unpaired) electrons. The van der Waals surface area contributed by atoms with Crippen molar-refractivity contribution in [3.63, 3.8) is 0 Å². The maximum atomic E-state index is 4.83. The minimum atomic E-state index is 0.106. The fraction of sp³-hybridized carbons (Fsp3) is 0.409. The fourth-order valence-electron chi connectivity index (χ4n) is 5.56. The highest BCUT2D eigenvalue weighted by atomic mass is 15.3. The van der Waals surface area contributed by atoms with Crippen molar-refractivity contribution < 1.29 is 0 Å². The fourth-order valence-corrected chi connectivity index (χ4v) is 5.56. The first-order chi connectivity index (χ1) is 12.1. The van der Waals surface area contributed by atoms with E-state index in [4.69, 9.17) is 4.98 Å². The van der Waals surface area contributed by atoms with E-state index in [-0.39, 0.29) is 5.54 Å². The summed E-state index contributed by atoms with van der Waals surface area (Å²) in [7, 11) is 2.21. The van der Waals surface area contributed by atoms with Gasteiger partial charge >= 0.3 is 0 Å². The molecule has 1 unspecified atom stereocenters. The Morgan fingerprint density at radius 1 is 1.08 bits per heavy atom. The number of hydrogen-bond donors (Lipinski definition) is 0. The van der Waals surface area contributed by atoms with Crippen molar-refractivity contribution >= 4 is 16.7 Å². The molecule has 3 heterocycles. The van der Waals surface area contributed by atoms with Crippen LogP contribution in [0.5, 0.6) is 0 Å². The summed E-state index contributed by atoms with van der Waals surface area (Å²) >= 11 is 0. The predicted octanol–water partition coefficient (Wildman–Crippen LogP) is 5.23. The van der Waals surface area contributed by atoms with E-state index < -0.39 is 0 Å². The van der Waals surface area contributed by atoms with Crippen LogP contribution in [0.3, 0.4) is 0 Å². The van der Waals surface area contributed by atoms with Gasteiger partial charge in [0, 0.05) is 30.2 Å². The van der Waals surface area contributed by atoms with Gasteiger partial charge in [0.25, 0.3) is 0 Å². The second kappa shape index (κ2) is 5.10. The maximum Gasteiger partial charge on any atom is 0.0940 e. The molecular weight excluding hydrogens is 306 g/mol. The van der Waals surface area contributed by atoms with E-state index in [1.54, 1.807) is 0 Å². The molecule has 128 valence electrons. The molecule has 3 aromatic rings. The summed E-state index contributed by atoms with van der Waals surface area (Å²) in [4.78, 5) is 7.55. The molecule has 0 saturated heterocycles. The summed E-state index contributed by atoms with van der Waals surface area (Å²) in [6, 6.07) is 13.5. The van der Waals surface area contributed by atoms with Crippen LogP contribution in [-0.2, 0) is 12.6 Å². The number of aryl methyl sites for hydroxylation is 2. The number of hydrogen-bond acceptors (Lipinski definition) is 2. The van der Waals surface area contributed by atoms with Crippen molar-refractivity contribution in [1.82, 2.24) is 9.55 Å². The van der Waals surface area contributed by atoms with E-state index in [1.807, 2.05) is 6.20 Å². The van der Waals surface area contributed by atoms with Crippen LogP contribution in [0.1, 0.15) is 55.5 Å². The van der Waals surface area contributed by atoms with E-state index in [0.29, 0.717) is 6.04 Å². The summed E-state index contributed by atoms with van der Waals surface area (Å²) < 4.78 is 2.39. The standard InChI is InChI=1S/C22H25N3/c1-15-9-4-5-10-17(15)25-16(2)21-19(22(25)12-6-7-13-22)20-18(24(21)3)11-8-14-23-20/h4-5,8-11,14,16H,6-7,12-13H2,1-3H3. The zero-order chi connectivity index (χ0) is 17.2. The Bertz CT molecular complexity index is 963. The largest absolute Gasteiger partial charge is 0.353 e. The molecular formula is C22H25N3. The minimum absolute atomic E-state index is 0.106. The van der Waals surface area contributed by atoms with Crippen molar-refractivity contribution in [2.24, 2.45) is 7.05 Å². The normalized spacial score (nSPS) is 21.4. The molecule has 1 aliphatic heterocycles. The molecule has 2 aliphatic rings. The smallest absolute Gasteiger partial charge is 0.0940 e. The van der Waals surface area contributed by atoms with E-state index in [2.05, 4.69) is 66.8 Å². The Kier molecular flexibility index (Phi) is 3.06. The summed E-state index contributed by atoms with van der Waals surface area (Å²) in [5, 5.41) is 0. The Balaban J connectivity index is 1.83. The highest BCUT2D eigenvalue weighted by Crippen LogP contribution is 2.58. The summed E-state index contributed by atoms with van der Waals surface area (Å²) in [6.07, 6.45) is 7.02. The zero-order valence-electron chi connectivity index (χ0n) is 15.3. The number of pyridine rings is 1. The second-order valence-corrected chi connectivity index (χ2v) is 7.76. The van der Waals surface area contributed by atoms with E-state index in [9.17, 15) is 0 Å². The second-order valence-electron chi connectivity index (χ2n) is 7.76. The van der Waals surface area contributed by atoms with Crippen molar-refractivity contribution in [3.8, 4) is 0 Å². The third kappa shape index (κ3) is 1.79. The van der Waals surface area contributed by atoms with Gasteiger partial charge in [0.05, 0.1) is 22.6 Å². The minimum Gasteiger partial charge on any atom is -0.353 e. The van der Waals surface area contributed by atoms with Crippen LogP contribution < -0.4 is 4.90 Å². The first kappa shape index (κ1) is 15.0. The van der Waals surface area contributed by atoms with E-state index >= 15 is 0 Å². The molecule has 1 aliphatic carbocycles. The number of aromatic nitrogens is 2. The molecule has 5 rings (SSSR count). The number of benzene rings is 1. The average molecular weight is 331 g/mol. The van der Waals surface area contributed by atoms with Gasteiger partial charge < -0.3 is 9.47 Å². The monoisotopic (exact) mass is 331 g/mol. The van der Waals surface area contributed by atoms with Gasteiger partial charge in [0.15, 0.2) is 0 Å². The van der Waals surface area contributed by atoms with Crippen molar-refractivity contribution in [3.05, 3.63) is 59.4 Å². The van der Waals surface area contributed by atoms with Crippen LogP contribution in [0, 0.1) is 6.92 Å². The molecule has 0 bridgehead atoms. The molecule has 1 atom stereocenters. The van der Waals surface area contributed by atoms with Gasteiger partial charge in [0.2, 0.25) is 0 Å². The highest BCUT2D eigenvalue weighted by molar-refractivity contribution is 5.86. The first-order valence-corrected chi connectivity index (χ1v) is 9.44. The lowest BCUT2D eigenvalue weighted by molar-refractivity contribution is 0.416. The Morgan fingerprint density at radius 3 is 2.60 bits per heavy atom. The molecule has 0 N–H and O–H groups in total. The number of anilines is 1. The number of rotatable bonds is 1. The lowest BCUT2D eigenvalue weighted by Gasteiger charge is -2.41. The van der Waals surface area contributed by atoms with Crippen LogP contribution in [0.25, 0.3) is 11.0 Å². The van der Waals surface area contributed by atoms with Gasteiger partial charge in [-0.1, -0.05) is 31.0 Å². The van der Waals surface area contributed by atoms with Gasteiger partial charge in [-0.15, -0.1) is 0 Å². The van der Waals surface area contributed by atoms with Gasteiger partial charge in [0.1, 0.15) is 0 Å². The highest BCUT2D eigenvalue weighted by Gasteiger charge is 2.53. The number of fused-ring (bicyclic) bond motifs is 4. The Morgan fingerprint density at radius 2 is 1.84 bits per heavy atom. The molecule has 3 heteroatoms. The van der Waals surface area contributed by atoms with Gasteiger partial charge in [-0.05, 0) is 50.5 Å². The number of nitrogens with zero attached hydrogens (tertiary/aromatic N) is 3. The molecule has 3 nitrogen and oxygen atoms in total. The van der Waals surface area contributed by atoms with Crippen LogP contribution in [0.4, 0.5) is 5.69 Å². The van der Waals surface area contributed by atoms with Crippen LogP contribution in [-0.4, -0.2) is 9.55 Å². The third-order valence-electron chi connectivity index (χ3n) is 6.52. The van der Waals surface area contributed by atoms with Crippen molar-refractivity contribution in [2.75, 3.05) is 4.90 Å². The van der Waals surface area contributed by atoms with Crippen LogP contribution in [0.15, 0.2) is 42.6 Å². The van der Waals surface area contributed by atoms with Gasteiger partial charge in [-0.25, -0.2) is 0 Å². The van der Waals surface area contributed by atoms with Gasteiger partial charge in [-0.2, -0.15) is 0 Å². The molecule has 1 fully saturated rings. The average Bonchev–Trinajstić information content (AvgIpc) is 3.27. The quantitative estimate of drug-likeness (QED) is 0.608. The Hall–Kier alpha value is -2.29. The lowest BCUT2D eigenvalue weighted by Crippen LogP contribution is -2.40. The lowest BCUT2D eigenvalue weighted by atomic mass is 9.88. The van der Waals surface area contributed by atoms with Gasteiger partial charge in [-0.3, -0.25) is 4.98 Å². The summed E-state index contributed by atoms with van der Waals surface area (Å²) in [5.41, 5.74) is 8.30. The third-order valence-corrected chi connectivity index (χ3v) is 6.52.